The van der Waals surface area contributed by atoms with Crippen molar-refractivity contribution in [2.75, 3.05) is 25.9 Å². The van der Waals surface area contributed by atoms with Crippen molar-refractivity contribution in [1.82, 2.24) is 15.6 Å². The molecule has 5 heteroatoms. The number of aryl methyl sites for hydroxylation is 1. The summed E-state index contributed by atoms with van der Waals surface area (Å²) in [6.45, 7) is 4.10. The van der Waals surface area contributed by atoms with E-state index < -0.39 is 0 Å². The number of para-hydroxylation sites is 1. The maximum Gasteiger partial charge on any atom is 0.191 e. The zero-order valence-electron chi connectivity index (χ0n) is 14.7. The monoisotopic (exact) mass is 344 g/mol. The number of nitrogens with zero attached hydrogens (tertiary/aromatic N) is 1. The van der Waals surface area contributed by atoms with E-state index in [0.29, 0.717) is 0 Å². The fourth-order valence-electron chi connectivity index (χ4n) is 3.33. The van der Waals surface area contributed by atoms with Crippen LogP contribution in [-0.2, 0) is 12.8 Å². The topological polar surface area (TPSA) is 52.2 Å². The molecule has 24 heavy (non-hydrogen) atoms. The average Bonchev–Trinajstić information content (AvgIpc) is 3.27. The van der Waals surface area contributed by atoms with Crippen molar-refractivity contribution in [2.24, 2.45) is 4.99 Å². The number of H-pyrrole nitrogens is 1. The maximum absolute atomic E-state index is 4.33. The molecule has 1 unspecified atom stereocenters. The van der Waals surface area contributed by atoms with Crippen molar-refractivity contribution in [2.45, 2.75) is 37.9 Å². The van der Waals surface area contributed by atoms with Crippen LogP contribution in [0.25, 0.3) is 10.9 Å². The summed E-state index contributed by atoms with van der Waals surface area (Å²) < 4.78 is 0. The molecule has 0 bridgehead atoms. The van der Waals surface area contributed by atoms with Gasteiger partial charge in [0.2, 0.25) is 0 Å². The predicted molar refractivity (Wildman–Crippen MR) is 106 cm³/mol. The van der Waals surface area contributed by atoms with Crippen molar-refractivity contribution in [3.8, 4) is 0 Å². The zero-order chi connectivity index (χ0) is 16.8. The van der Waals surface area contributed by atoms with Crippen molar-refractivity contribution in [3.05, 3.63) is 35.5 Å². The molecule has 4 nitrogen and oxygen atoms in total. The summed E-state index contributed by atoms with van der Waals surface area (Å²) in [6.07, 6.45) is 6.88. The van der Waals surface area contributed by atoms with Crippen LogP contribution < -0.4 is 10.6 Å². The molecule has 0 spiro atoms. The van der Waals surface area contributed by atoms with Crippen LogP contribution in [0.5, 0.6) is 0 Å². The minimum absolute atomic E-state index is 0.740. The number of aromatic nitrogens is 1. The summed E-state index contributed by atoms with van der Waals surface area (Å²) in [7, 11) is 1.84. The van der Waals surface area contributed by atoms with Crippen LogP contribution in [-0.4, -0.2) is 42.1 Å². The van der Waals surface area contributed by atoms with Gasteiger partial charge in [0.1, 0.15) is 0 Å². The van der Waals surface area contributed by atoms with E-state index in [1.165, 1.54) is 40.6 Å². The van der Waals surface area contributed by atoms with Crippen LogP contribution in [0.4, 0.5) is 0 Å². The van der Waals surface area contributed by atoms with Crippen molar-refractivity contribution in [1.29, 1.82) is 0 Å². The van der Waals surface area contributed by atoms with Gasteiger partial charge in [-0.05, 0) is 42.6 Å². The van der Waals surface area contributed by atoms with Gasteiger partial charge >= 0.3 is 0 Å². The molecule has 0 aliphatic carbocycles. The van der Waals surface area contributed by atoms with Gasteiger partial charge in [-0.2, -0.15) is 11.8 Å². The van der Waals surface area contributed by atoms with Gasteiger partial charge in [-0.1, -0.05) is 25.1 Å². The number of thioether (sulfide) groups is 1. The first kappa shape index (κ1) is 17.2. The largest absolute Gasteiger partial charge is 0.361 e. The normalized spacial score (nSPS) is 18.2. The lowest BCUT2D eigenvalue weighted by atomic mass is 10.1. The lowest BCUT2D eigenvalue weighted by Crippen LogP contribution is -2.40. The van der Waals surface area contributed by atoms with Gasteiger partial charge in [0, 0.05) is 42.5 Å². The van der Waals surface area contributed by atoms with Gasteiger partial charge in [-0.15, -0.1) is 0 Å². The number of hydrogen-bond acceptors (Lipinski definition) is 2. The molecule has 3 N–H and O–H groups in total. The first-order valence-corrected chi connectivity index (χ1v) is 10.0. The minimum Gasteiger partial charge on any atom is -0.361 e. The summed E-state index contributed by atoms with van der Waals surface area (Å²) in [5, 5.41) is 8.99. The zero-order valence-corrected chi connectivity index (χ0v) is 15.5. The first-order valence-electron chi connectivity index (χ1n) is 8.95. The molecular weight excluding hydrogens is 316 g/mol. The summed E-state index contributed by atoms with van der Waals surface area (Å²) in [6, 6.07) is 6.57. The van der Waals surface area contributed by atoms with E-state index in [1.807, 2.05) is 7.05 Å². The number of hydrogen-bond donors (Lipinski definition) is 3. The number of nitrogens with one attached hydrogen (secondary N) is 3. The molecule has 3 rings (SSSR count). The molecule has 1 aliphatic rings. The highest BCUT2D eigenvalue weighted by molar-refractivity contribution is 8.00. The lowest BCUT2D eigenvalue weighted by Gasteiger charge is -2.14. The Hall–Kier alpha value is -1.62. The number of guanidine groups is 1. The Morgan fingerprint density at radius 3 is 3.00 bits per heavy atom. The van der Waals surface area contributed by atoms with Gasteiger partial charge < -0.3 is 15.6 Å². The van der Waals surface area contributed by atoms with Crippen molar-refractivity contribution >= 4 is 28.6 Å². The third-order valence-corrected chi connectivity index (χ3v) is 6.10. The predicted octanol–water partition coefficient (Wildman–Crippen LogP) is 3.33. The highest BCUT2D eigenvalue weighted by atomic mass is 32.2. The Kier molecular flexibility index (Phi) is 6.07. The van der Waals surface area contributed by atoms with Crippen molar-refractivity contribution in [3.63, 3.8) is 0 Å². The molecular formula is C19H28N4S. The van der Waals surface area contributed by atoms with Gasteiger partial charge in [0.25, 0.3) is 0 Å². The Morgan fingerprint density at radius 2 is 2.25 bits per heavy atom. The molecule has 1 aliphatic heterocycles. The highest BCUT2D eigenvalue weighted by Crippen LogP contribution is 2.25. The van der Waals surface area contributed by atoms with E-state index in [1.54, 1.807) is 0 Å². The Bertz CT molecular complexity index is 686. The Morgan fingerprint density at radius 1 is 1.33 bits per heavy atom. The number of aliphatic imine (C=N–C) groups is 1. The molecule has 1 aromatic heterocycles. The lowest BCUT2D eigenvalue weighted by molar-refractivity contribution is 0.724. The minimum atomic E-state index is 0.740. The third kappa shape index (κ3) is 4.07. The van der Waals surface area contributed by atoms with Crippen LogP contribution in [0.3, 0.4) is 0 Å². The third-order valence-electron chi connectivity index (χ3n) is 4.70. The Balaban J connectivity index is 1.52. The second kappa shape index (κ2) is 8.47. The number of rotatable bonds is 6. The van der Waals surface area contributed by atoms with Gasteiger partial charge in [-0.25, -0.2) is 0 Å². The highest BCUT2D eigenvalue weighted by Gasteiger charge is 2.15. The van der Waals surface area contributed by atoms with Crippen LogP contribution in [0.15, 0.2) is 29.4 Å². The fraction of sp³-hybridized carbons (Fsp3) is 0.526. The molecule has 0 saturated carbocycles. The van der Waals surface area contributed by atoms with E-state index in [2.05, 4.69) is 63.7 Å². The number of benzene rings is 1. The second-order valence-electron chi connectivity index (χ2n) is 6.27. The molecule has 1 fully saturated rings. The molecule has 2 heterocycles. The molecule has 0 radical (unpaired) electrons. The van der Waals surface area contributed by atoms with E-state index in [-0.39, 0.29) is 0 Å². The standard InChI is InChI=1S/C19H28N4S/c1-3-14-6-4-8-17-15(12-22-18(14)17)9-10-21-19(20-2)23-13-16-7-5-11-24-16/h4,6,8,12,16,22H,3,5,7,9-11,13H2,1-2H3,(H2,20,21,23). The quantitative estimate of drug-likeness (QED) is 0.556. The van der Waals surface area contributed by atoms with Gasteiger partial charge in [-0.3, -0.25) is 4.99 Å². The van der Waals surface area contributed by atoms with E-state index in [9.17, 15) is 0 Å². The smallest absolute Gasteiger partial charge is 0.191 e. The average molecular weight is 345 g/mol. The van der Waals surface area contributed by atoms with Gasteiger partial charge in [0.15, 0.2) is 5.96 Å². The van der Waals surface area contributed by atoms with Gasteiger partial charge in [0.05, 0.1) is 0 Å². The first-order chi connectivity index (χ1) is 11.8. The molecule has 1 saturated heterocycles. The summed E-state index contributed by atoms with van der Waals surface area (Å²) in [4.78, 5) is 7.78. The van der Waals surface area contributed by atoms with E-state index in [4.69, 9.17) is 0 Å². The van der Waals surface area contributed by atoms with E-state index >= 15 is 0 Å². The molecule has 1 atom stereocenters. The van der Waals surface area contributed by atoms with Crippen LogP contribution in [0.1, 0.15) is 30.9 Å². The SMILES string of the molecule is CCc1cccc2c(CCNC(=NC)NCC3CCCS3)c[nH]c12. The summed E-state index contributed by atoms with van der Waals surface area (Å²) in [5.74, 6) is 2.22. The molecule has 130 valence electrons. The van der Waals surface area contributed by atoms with Crippen molar-refractivity contribution < 1.29 is 0 Å². The fourth-order valence-corrected chi connectivity index (χ4v) is 4.53. The van der Waals surface area contributed by atoms with Crippen LogP contribution >= 0.6 is 11.8 Å². The second-order valence-corrected chi connectivity index (χ2v) is 7.68. The molecule has 2 aromatic rings. The molecule has 0 amide bonds. The summed E-state index contributed by atoms with van der Waals surface area (Å²) in [5.41, 5.74) is 4.05. The van der Waals surface area contributed by atoms with E-state index in [0.717, 1.165) is 37.1 Å². The van der Waals surface area contributed by atoms with Crippen LogP contribution in [0, 0.1) is 0 Å². The Labute approximate surface area is 148 Å². The number of aromatic amines is 1. The maximum atomic E-state index is 4.33. The number of fused-ring (bicyclic) bond motifs is 1. The molecule has 1 aromatic carbocycles. The summed E-state index contributed by atoms with van der Waals surface area (Å²) >= 11 is 2.07. The van der Waals surface area contributed by atoms with Crippen LogP contribution in [0.2, 0.25) is 0 Å².